The van der Waals surface area contributed by atoms with E-state index in [1.807, 2.05) is 6.07 Å². The molecule has 2 aromatic heterocycles. The zero-order chi connectivity index (χ0) is 17.4. The van der Waals surface area contributed by atoms with E-state index in [2.05, 4.69) is 15.0 Å². The van der Waals surface area contributed by atoms with Crippen LogP contribution in [0.1, 0.15) is 5.56 Å². The highest BCUT2D eigenvalue weighted by atomic mass is 19.1. The van der Waals surface area contributed by atoms with Crippen LogP contribution in [0.4, 0.5) is 10.1 Å². The maximum atomic E-state index is 13.0. The van der Waals surface area contributed by atoms with Gasteiger partial charge in [-0.1, -0.05) is 24.3 Å². The number of fused-ring (bicyclic) bond motifs is 1. The number of aromatic nitrogens is 4. The normalized spacial score (nSPS) is 11.1. The van der Waals surface area contributed by atoms with E-state index < -0.39 is 0 Å². The summed E-state index contributed by atoms with van der Waals surface area (Å²) in [5.74, 6) is -0.108. The van der Waals surface area contributed by atoms with E-state index in [9.17, 15) is 9.50 Å². The third-order valence-electron chi connectivity index (χ3n) is 3.86. The minimum Gasteiger partial charge on any atom is -0.492 e. The van der Waals surface area contributed by atoms with Gasteiger partial charge in [-0.3, -0.25) is 0 Å². The summed E-state index contributed by atoms with van der Waals surface area (Å²) < 4.78 is 14.8. The Bertz CT molecular complexity index is 1060. The van der Waals surface area contributed by atoms with Gasteiger partial charge < -0.3 is 15.4 Å². The third-order valence-corrected chi connectivity index (χ3v) is 3.86. The van der Waals surface area contributed by atoms with Gasteiger partial charge in [0.1, 0.15) is 5.82 Å². The fourth-order valence-electron chi connectivity index (χ4n) is 2.67. The van der Waals surface area contributed by atoms with Gasteiger partial charge in [-0.2, -0.15) is 4.98 Å². The van der Waals surface area contributed by atoms with E-state index in [0.717, 1.165) is 5.56 Å². The van der Waals surface area contributed by atoms with Crippen LogP contribution in [-0.2, 0) is 6.54 Å². The summed E-state index contributed by atoms with van der Waals surface area (Å²) in [5, 5.41) is 10.4. The fourth-order valence-corrected chi connectivity index (χ4v) is 2.67. The van der Waals surface area contributed by atoms with E-state index >= 15 is 0 Å². The van der Waals surface area contributed by atoms with E-state index in [1.54, 1.807) is 41.2 Å². The van der Waals surface area contributed by atoms with Crippen molar-refractivity contribution in [1.29, 1.82) is 0 Å². The van der Waals surface area contributed by atoms with Gasteiger partial charge in [0.25, 0.3) is 0 Å². The smallest absolute Gasteiger partial charge is 0.241 e. The van der Waals surface area contributed by atoms with Gasteiger partial charge in [0.2, 0.25) is 5.88 Å². The second kappa shape index (κ2) is 5.86. The Kier molecular flexibility index (Phi) is 3.53. The summed E-state index contributed by atoms with van der Waals surface area (Å²) in [5.41, 5.74) is 8.75. The Morgan fingerprint density at radius 3 is 2.64 bits per heavy atom. The van der Waals surface area contributed by atoms with Crippen molar-refractivity contribution >= 4 is 16.9 Å². The van der Waals surface area contributed by atoms with Gasteiger partial charge >= 0.3 is 0 Å². The topological polar surface area (TPSA) is 89.9 Å². The lowest BCUT2D eigenvalue weighted by molar-refractivity contribution is 0.456. The molecule has 0 unspecified atom stereocenters. The number of imidazole rings is 1. The zero-order valence-corrected chi connectivity index (χ0v) is 13.1. The van der Waals surface area contributed by atoms with Crippen molar-refractivity contribution in [1.82, 2.24) is 19.5 Å². The summed E-state index contributed by atoms with van der Waals surface area (Å²) in [6.07, 6.45) is 1.57. The second-order valence-electron chi connectivity index (χ2n) is 5.67. The molecule has 2 aromatic carbocycles. The molecule has 7 heteroatoms. The number of nitrogen functional groups attached to an aromatic ring is 1. The Morgan fingerprint density at radius 1 is 1.08 bits per heavy atom. The van der Waals surface area contributed by atoms with Crippen LogP contribution in [-0.4, -0.2) is 24.6 Å². The largest absolute Gasteiger partial charge is 0.492 e. The number of halogens is 1. The molecule has 4 aromatic rings. The molecular weight excluding hydrogens is 321 g/mol. The molecule has 0 amide bonds. The minimum atomic E-state index is -0.294. The monoisotopic (exact) mass is 335 g/mol. The first kappa shape index (κ1) is 15.1. The Hall–Kier alpha value is -3.48. The lowest BCUT2D eigenvalue weighted by Gasteiger charge is -2.07. The molecule has 2 heterocycles. The first-order valence-electron chi connectivity index (χ1n) is 7.62. The van der Waals surface area contributed by atoms with Crippen molar-refractivity contribution in [2.75, 3.05) is 5.73 Å². The van der Waals surface area contributed by atoms with E-state index in [1.165, 1.54) is 12.1 Å². The molecule has 4 rings (SSSR count). The average Bonchev–Trinajstić information content (AvgIpc) is 3.00. The first-order chi connectivity index (χ1) is 12.1. The van der Waals surface area contributed by atoms with Gasteiger partial charge in [-0.25, -0.2) is 14.4 Å². The van der Waals surface area contributed by atoms with E-state index in [-0.39, 0.29) is 11.7 Å². The molecule has 6 nitrogen and oxygen atoms in total. The molecule has 0 saturated carbocycles. The molecule has 25 heavy (non-hydrogen) atoms. The standard InChI is InChI=1S/C18H14FN5O/c19-13-6-4-11(5-7-13)9-24-10-21-17-15(24)18(25)23-16(22-17)12-2-1-3-14(20)8-12/h1-8,10H,9,20H2,(H,22,23,25). The van der Waals surface area contributed by atoms with Crippen molar-refractivity contribution in [2.24, 2.45) is 0 Å². The molecule has 0 aliphatic heterocycles. The number of aromatic hydroxyl groups is 1. The SMILES string of the molecule is Nc1cccc(-c2nc(O)c3c(ncn3Cc3ccc(F)cc3)n2)c1. The highest BCUT2D eigenvalue weighted by molar-refractivity contribution is 5.79. The van der Waals surface area contributed by atoms with Crippen LogP contribution < -0.4 is 5.73 Å². The number of benzene rings is 2. The first-order valence-corrected chi connectivity index (χ1v) is 7.62. The number of rotatable bonds is 3. The molecule has 0 radical (unpaired) electrons. The Morgan fingerprint density at radius 2 is 1.88 bits per heavy atom. The molecule has 0 saturated heterocycles. The van der Waals surface area contributed by atoms with Crippen LogP contribution in [0.3, 0.4) is 0 Å². The molecule has 0 spiro atoms. The lowest BCUT2D eigenvalue weighted by atomic mass is 10.2. The van der Waals surface area contributed by atoms with Gasteiger partial charge in [0.15, 0.2) is 17.0 Å². The maximum Gasteiger partial charge on any atom is 0.241 e. The molecule has 124 valence electrons. The van der Waals surface area contributed by atoms with Gasteiger partial charge in [0, 0.05) is 17.8 Å². The van der Waals surface area contributed by atoms with Crippen LogP contribution in [0.15, 0.2) is 54.9 Å². The molecular formula is C18H14FN5O. The van der Waals surface area contributed by atoms with Gasteiger partial charge in [-0.05, 0) is 29.8 Å². The Labute approximate surface area is 142 Å². The van der Waals surface area contributed by atoms with Gasteiger partial charge in [-0.15, -0.1) is 0 Å². The molecule has 0 fully saturated rings. The molecule has 3 N–H and O–H groups in total. The molecule has 0 aliphatic rings. The van der Waals surface area contributed by atoms with Crippen molar-refractivity contribution in [3.8, 4) is 17.3 Å². The van der Waals surface area contributed by atoms with Crippen LogP contribution in [0.25, 0.3) is 22.6 Å². The number of hydrogen-bond acceptors (Lipinski definition) is 5. The number of anilines is 1. The van der Waals surface area contributed by atoms with Crippen molar-refractivity contribution in [3.63, 3.8) is 0 Å². The lowest BCUT2D eigenvalue weighted by Crippen LogP contribution is -2.00. The predicted octanol–water partition coefficient (Wildman–Crippen LogP) is 2.97. The second-order valence-corrected chi connectivity index (χ2v) is 5.67. The fraction of sp³-hybridized carbons (Fsp3) is 0.0556. The van der Waals surface area contributed by atoms with Crippen molar-refractivity contribution in [2.45, 2.75) is 6.54 Å². The quantitative estimate of drug-likeness (QED) is 0.562. The summed E-state index contributed by atoms with van der Waals surface area (Å²) in [7, 11) is 0. The number of nitrogens with two attached hydrogens (primary N) is 1. The van der Waals surface area contributed by atoms with E-state index in [0.29, 0.717) is 34.8 Å². The van der Waals surface area contributed by atoms with E-state index in [4.69, 9.17) is 5.73 Å². The third kappa shape index (κ3) is 2.87. The summed E-state index contributed by atoms with van der Waals surface area (Å²) in [6.45, 7) is 0.422. The molecule has 0 atom stereocenters. The van der Waals surface area contributed by atoms with Gasteiger partial charge in [0.05, 0.1) is 6.33 Å². The zero-order valence-electron chi connectivity index (χ0n) is 13.1. The van der Waals surface area contributed by atoms with Crippen molar-refractivity contribution in [3.05, 3.63) is 66.2 Å². The molecule has 0 bridgehead atoms. The highest BCUT2D eigenvalue weighted by Crippen LogP contribution is 2.26. The van der Waals surface area contributed by atoms with Crippen molar-refractivity contribution < 1.29 is 9.50 Å². The number of nitrogens with zero attached hydrogens (tertiary/aromatic N) is 4. The predicted molar refractivity (Wildman–Crippen MR) is 92.3 cm³/mol. The Balaban J connectivity index is 1.75. The van der Waals surface area contributed by atoms with Crippen LogP contribution in [0.2, 0.25) is 0 Å². The average molecular weight is 335 g/mol. The maximum absolute atomic E-state index is 13.0. The summed E-state index contributed by atoms with van der Waals surface area (Å²) >= 11 is 0. The minimum absolute atomic E-state index is 0.165. The van der Waals surface area contributed by atoms with Crippen LogP contribution in [0.5, 0.6) is 5.88 Å². The summed E-state index contributed by atoms with van der Waals surface area (Å²) in [4.78, 5) is 12.8. The summed E-state index contributed by atoms with van der Waals surface area (Å²) in [6, 6.07) is 13.2. The number of hydrogen-bond donors (Lipinski definition) is 2. The molecule has 0 aliphatic carbocycles. The van der Waals surface area contributed by atoms with Crippen LogP contribution in [0, 0.1) is 5.82 Å². The van der Waals surface area contributed by atoms with Crippen LogP contribution >= 0.6 is 0 Å². The highest BCUT2D eigenvalue weighted by Gasteiger charge is 2.14.